The molecule has 3 N–H and O–H groups in total. The Morgan fingerprint density at radius 1 is 1.24 bits per heavy atom. The average molecular weight is 361 g/mol. The molecule has 0 unspecified atom stereocenters. The molecule has 3 nitrogen and oxygen atoms in total. The quantitative estimate of drug-likeness (QED) is 0.688. The first-order valence-electron chi connectivity index (χ1n) is 6.41. The summed E-state index contributed by atoms with van der Waals surface area (Å²) in [5.41, 5.74) is 8.47. The normalized spacial score (nSPS) is 10.8. The number of fused-ring (bicyclic) bond motifs is 1. The molecule has 0 fully saturated rings. The van der Waals surface area contributed by atoms with Crippen LogP contribution in [-0.4, -0.2) is 5.91 Å². The van der Waals surface area contributed by atoms with Crippen molar-refractivity contribution >= 4 is 54.6 Å². The van der Waals surface area contributed by atoms with Crippen molar-refractivity contribution in [1.29, 1.82) is 0 Å². The van der Waals surface area contributed by atoms with Gasteiger partial charge in [0.1, 0.15) is 4.88 Å². The summed E-state index contributed by atoms with van der Waals surface area (Å²) in [5.74, 6) is -0.181. The van der Waals surface area contributed by atoms with Gasteiger partial charge in [-0.1, -0.05) is 24.3 Å². The maximum absolute atomic E-state index is 12.5. The molecule has 0 bridgehead atoms. The van der Waals surface area contributed by atoms with E-state index in [0.29, 0.717) is 10.6 Å². The number of carbonyl (C=O) groups excluding carboxylic acids is 1. The fourth-order valence-corrected chi connectivity index (χ4v) is 3.51. The van der Waals surface area contributed by atoms with Gasteiger partial charge in [-0.3, -0.25) is 4.79 Å². The Hall–Kier alpha value is -1.85. The highest BCUT2D eigenvalue weighted by Gasteiger charge is 2.17. The van der Waals surface area contributed by atoms with Crippen molar-refractivity contribution in [3.8, 4) is 0 Å². The number of hydrogen-bond donors (Lipinski definition) is 2. The molecule has 1 heterocycles. The van der Waals surface area contributed by atoms with Crippen LogP contribution in [0.2, 0.25) is 0 Å². The van der Waals surface area contributed by atoms with Gasteiger partial charge in [-0.05, 0) is 46.6 Å². The van der Waals surface area contributed by atoms with Crippen molar-refractivity contribution in [3.05, 3.63) is 57.4 Å². The van der Waals surface area contributed by atoms with Crippen molar-refractivity contribution in [1.82, 2.24) is 0 Å². The molecular formula is C16H13BrN2OS. The van der Waals surface area contributed by atoms with Crippen LogP contribution < -0.4 is 11.1 Å². The second kappa shape index (κ2) is 5.50. The Bertz CT molecular complexity index is 841. The van der Waals surface area contributed by atoms with Crippen LogP contribution in [-0.2, 0) is 0 Å². The molecule has 0 atom stereocenters. The lowest BCUT2D eigenvalue weighted by Crippen LogP contribution is -2.12. The fraction of sp³-hybridized carbons (Fsp3) is 0.0625. The van der Waals surface area contributed by atoms with Gasteiger partial charge in [0, 0.05) is 14.6 Å². The molecule has 3 rings (SSSR count). The van der Waals surface area contributed by atoms with E-state index >= 15 is 0 Å². The van der Waals surface area contributed by atoms with Gasteiger partial charge >= 0.3 is 0 Å². The lowest BCUT2D eigenvalue weighted by molar-refractivity contribution is 0.103. The van der Waals surface area contributed by atoms with E-state index in [1.165, 1.54) is 11.3 Å². The first-order chi connectivity index (χ1) is 10.1. The third-order valence-electron chi connectivity index (χ3n) is 3.21. The Labute approximate surface area is 134 Å². The number of thiophene rings is 1. The minimum Gasteiger partial charge on any atom is -0.397 e. The van der Waals surface area contributed by atoms with Crippen molar-refractivity contribution in [2.75, 3.05) is 11.1 Å². The zero-order chi connectivity index (χ0) is 15.0. The highest BCUT2D eigenvalue weighted by Crippen LogP contribution is 2.34. The topological polar surface area (TPSA) is 55.1 Å². The number of nitrogen functional groups attached to an aromatic ring is 1. The van der Waals surface area contributed by atoms with Crippen LogP contribution >= 0.6 is 27.3 Å². The molecule has 1 aromatic heterocycles. The number of aryl methyl sites for hydroxylation is 1. The van der Waals surface area contributed by atoms with Gasteiger partial charge in [-0.15, -0.1) is 11.3 Å². The highest BCUT2D eigenvalue weighted by molar-refractivity contribution is 9.10. The number of nitrogens with one attached hydrogen (secondary N) is 1. The summed E-state index contributed by atoms with van der Waals surface area (Å²) in [6.45, 7) is 1.98. The second-order valence-electron chi connectivity index (χ2n) is 4.78. The van der Waals surface area contributed by atoms with E-state index in [2.05, 4.69) is 21.2 Å². The monoisotopic (exact) mass is 360 g/mol. The van der Waals surface area contributed by atoms with E-state index in [0.717, 1.165) is 25.8 Å². The summed E-state index contributed by atoms with van der Waals surface area (Å²) in [6.07, 6.45) is 0. The third kappa shape index (κ3) is 2.66. The van der Waals surface area contributed by atoms with Gasteiger partial charge < -0.3 is 11.1 Å². The number of anilines is 2. The molecule has 106 valence electrons. The van der Waals surface area contributed by atoms with Gasteiger partial charge in [0.2, 0.25) is 0 Å². The molecule has 0 saturated carbocycles. The number of nitrogens with two attached hydrogens (primary N) is 1. The lowest BCUT2D eigenvalue weighted by Gasteiger charge is -2.07. The minimum absolute atomic E-state index is 0.181. The van der Waals surface area contributed by atoms with E-state index in [-0.39, 0.29) is 5.91 Å². The van der Waals surface area contributed by atoms with Crippen molar-refractivity contribution in [3.63, 3.8) is 0 Å². The van der Waals surface area contributed by atoms with Crippen LogP contribution in [0.4, 0.5) is 11.4 Å². The first kappa shape index (κ1) is 14.1. The summed E-state index contributed by atoms with van der Waals surface area (Å²) >= 11 is 4.85. The molecule has 0 spiro atoms. The zero-order valence-electron chi connectivity index (χ0n) is 11.3. The maximum atomic E-state index is 12.5. The van der Waals surface area contributed by atoms with Gasteiger partial charge in [0.15, 0.2) is 0 Å². The second-order valence-corrected chi connectivity index (χ2v) is 6.68. The molecule has 0 aliphatic heterocycles. The minimum atomic E-state index is -0.181. The Morgan fingerprint density at radius 2 is 2.00 bits per heavy atom. The number of hydrogen-bond acceptors (Lipinski definition) is 3. The van der Waals surface area contributed by atoms with E-state index in [1.54, 1.807) is 0 Å². The van der Waals surface area contributed by atoms with Crippen LogP contribution in [0.25, 0.3) is 10.1 Å². The first-order valence-corrected chi connectivity index (χ1v) is 8.01. The predicted octanol–water partition coefficient (Wildman–Crippen LogP) is 4.81. The number of benzene rings is 2. The largest absolute Gasteiger partial charge is 0.397 e. The molecule has 0 saturated heterocycles. The highest BCUT2D eigenvalue weighted by atomic mass is 79.9. The van der Waals surface area contributed by atoms with E-state index in [9.17, 15) is 4.79 Å². The summed E-state index contributed by atoms with van der Waals surface area (Å²) in [6, 6.07) is 13.6. The fourth-order valence-electron chi connectivity index (χ4n) is 2.15. The summed E-state index contributed by atoms with van der Waals surface area (Å²) in [7, 11) is 0. The SMILES string of the molecule is Cc1ccc(Br)c(NC(=O)c2sc3ccccc3c2N)c1. The number of rotatable bonds is 2. The van der Waals surface area contributed by atoms with Crippen LogP contribution in [0.5, 0.6) is 0 Å². The Kier molecular flexibility index (Phi) is 3.69. The third-order valence-corrected chi connectivity index (χ3v) is 5.09. The van der Waals surface area contributed by atoms with Crippen molar-refractivity contribution in [2.24, 2.45) is 0 Å². The molecule has 21 heavy (non-hydrogen) atoms. The van der Waals surface area contributed by atoms with E-state index in [4.69, 9.17) is 5.73 Å². The smallest absolute Gasteiger partial charge is 0.267 e. The maximum Gasteiger partial charge on any atom is 0.267 e. The Morgan fingerprint density at radius 3 is 2.76 bits per heavy atom. The number of carbonyl (C=O) groups is 1. The Balaban J connectivity index is 1.97. The van der Waals surface area contributed by atoms with Gasteiger partial charge in [0.25, 0.3) is 5.91 Å². The van der Waals surface area contributed by atoms with Gasteiger partial charge in [0.05, 0.1) is 11.4 Å². The summed E-state index contributed by atoms with van der Waals surface area (Å²) in [5, 5.41) is 3.84. The standard InChI is InChI=1S/C16H13BrN2OS/c1-9-6-7-11(17)12(8-9)19-16(20)15-14(18)10-4-2-3-5-13(10)21-15/h2-8H,18H2,1H3,(H,19,20). The van der Waals surface area contributed by atoms with Crippen molar-refractivity contribution in [2.45, 2.75) is 6.92 Å². The van der Waals surface area contributed by atoms with Gasteiger partial charge in [-0.25, -0.2) is 0 Å². The van der Waals surface area contributed by atoms with Crippen LogP contribution in [0.3, 0.4) is 0 Å². The molecule has 0 aliphatic rings. The zero-order valence-corrected chi connectivity index (χ0v) is 13.7. The van der Waals surface area contributed by atoms with Gasteiger partial charge in [-0.2, -0.15) is 0 Å². The lowest BCUT2D eigenvalue weighted by atomic mass is 10.2. The average Bonchev–Trinajstić information content (AvgIpc) is 2.81. The van der Waals surface area contributed by atoms with Crippen LogP contribution in [0.1, 0.15) is 15.2 Å². The van der Waals surface area contributed by atoms with E-state index in [1.807, 2.05) is 49.4 Å². The molecule has 1 amide bonds. The molecule has 0 radical (unpaired) electrons. The number of amides is 1. The molecule has 5 heteroatoms. The number of halogens is 1. The predicted molar refractivity (Wildman–Crippen MR) is 93.1 cm³/mol. The molecule has 0 aliphatic carbocycles. The van der Waals surface area contributed by atoms with Crippen molar-refractivity contribution < 1.29 is 4.79 Å². The van der Waals surface area contributed by atoms with Crippen LogP contribution in [0.15, 0.2) is 46.9 Å². The summed E-state index contributed by atoms with van der Waals surface area (Å²) in [4.78, 5) is 13.0. The molecular weight excluding hydrogens is 348 g/mol. The van der Waals surface area contributed by atoms with E-state index < -0.39 is 0 Å². The summed E-state index contributed by atoms with van der Waals surface area (Å²) < 4.78 is 1.87. The molecule has 3 aromatic rings. The van der Waals surface area contributed by atoms with Crippen LogP contribution in [0, 0.1) is 6.92 Å². The molecule has 2 aromatic carbocycles.